The Hall–Kier alpha value is -2.28. The molecule has 0 spiro atoms. The number of nitrogens with two attached hydrogens (primary N) is 1. The third kappa shape index (κ3) is 3.71. The first-order chi connectivity index (χ1) is 11.9. The molecule has 2 aromatic rings. The highest BCUT2D eigenvalue weighted by Crippen LogP contribution is 2.36. The summed E-state index contributed by atoms with van der Waals surface area (Å²) in [4.78, 5) is 20.5. The average molecular weight is 361 g/mol. The molecule has 1 aromatic carbocycles. The van der Waals surface area contributed by atoms with E-state index in [9.17, 15) is 13.6 Å². The van der Waals surface area contributed by atoms with E-state index in [2.05, 4.69) is 9.98 Å². The van der Waals surface area contributed by atoms with Gasteiger partial charge in [0.25, 0.3) is 0 Å². The summed E-state index contributed by atoms with van der Waals surface area (Å²) in [6.45, 7) is 1.82. The maximum atomic E-state index is 14.4. The van der Waals surface area contributed by atoms with Gasteiger partial charge in [-0.3, -0.25) is 14.8 Å². The molecule has 1 aliphatic heterocycles. The van der Waals surface area contributed by atoms with Crippen LogP contribution in [0, 0.1) is 11.6 Å². The molecule has 1 aliphatic rings. The molecular formula is C18H17F2N3OS. The van der Waals surface area contributed by atoms with Crippen LogP contribution in [-0.4, -0.2) is 21.7 Å². The largest absolute Gasteiger partial charge is 0.379 e. The maximum Gasteiger partial charge on any atom is 0.188 e. The van der Waals surface area contributed by atoms with Crippen LogP contribution in [0.15, 0.2) is 41.5 Å². The van der Waals surface area contributed by atoms with Gasteiger partial charge in [0, 0.05) is 23.9 Å². The molecule has 0 saturated heterocycles. The van der Waals surface area contributed by atoms with Crippen molar-refractivity contribution in [3.8, 4) is 0 Å². The molecule has 1 atom stereocenters. The Balaban J connectivity index is 1.91. The number of amidine groups is 1. The van der Waals surface area contributed by atoms with Gasteiger partial charge in [0.05, 0.1) is 5.54 Å². The monoisotopic (exact) mass is 361 g/mol. The Bertz CT molecular complexity index is 856. The number of carbonyl (C=O) groups is 1. The highest BCUT2D eigenvalue weighted by molar-refractivity contribution is 8.13. The molecule has 1 aromatic heterocycles. The summed E-state index contributed by atoms with van der Waals surface area (Å²) in [7, 11) is 0. The van der Waals surface area contributed by atoms with Crippen molar-refractivity contribution in [3.05, 3.63) is 65.0 Å². The fourth-order valence-electron chi connectivity index (χ4n) is 2.84. The predicted octanol–water partition coefficient (Wildman–Crippen LogP) is 3.45. The molecule has 3 rings (SSSR count). The van der Waals surface area contributed by atoms with E-state index in [1.54, 1.807) is 6.07 Å². The van der Waals surface area contributed by atoms with Crippen LogP contribution in [0.4, 0.5) is 8.78 Å². The predicted molar refractivity (Wildman–Crippen MR) is 94.7 cm³/mol. The summed E-state index contributed by atoms with van der Waals surface area (Å²) in [5.41, 5.74) is 5.79. The van der Waals surface area contributed by atoms with Crippen molar-refractivity contribution in [2.45, 2.75) is 25.3 Å². The molecule has 0 aliphatic carbocycles. The van der Waals surface area contributed by atoms with Crippen LogP contribution in [0.2, 0.25) is 0 Å². The van der Waals surface area contributed by atoms with Crippen molar-refractivity contribution < 1.29 is 13.6 Å². The van der Waals surface area contributed by atoms with Crippen molar-refractivity contribution >= 4 is 22.7 Å². The fraction of sp³-hybridized carbons (Fsp3) is 0.278. The van der Waals surface area contributed by atoms with E-state index in [0.717, 1.165) is 5.75 Å². The van der Waals surface area contributed by atoms with E-state index in [1.807, 2.05) is 6.92 Å². The number of carbonyl (C=O) groups excluding carboxylic acids is 1. The minimum absolute atomic E-state index is 0.0642. The van der Waals surface area contributed by atoms with Crippen molar-refractivity contribution in [2.24, 2.45) is 10.7 Å². The van der Waals surface area contributed by atoms with Crippen molar-refractivity contribution in [1.29, 1.82) is 0 Å². The molecule has 0 bridgehead atoms. The molecule has 2 heterocycles. The zero-order chi connectivity index (χ0) is 18.0. The van der Waals surface area contributed by atoms with Crippen LogP contribution in [0.25, 0.3) is 0 Å². The van der Waals surface area contributed by atoms with E-state index in [4.69, 9.17) is 5.73 Å². The second-order valence-corrected chi connectivity index (χ2v) is 7.19. The number of nitrogens with zero attached hydrogens (tertiary/aromatic N) is 2. The number of halogens is 2. The normalized spacial score (nSPS) is 20.2. The summed E-state index contributed by atoms with van der Waals surface area (Å²) in [5, 5.41) is 0.421. The lowest BCUT2D eigenvalue weighted by Crippen LogP contribution is -2.29. The summed E-state index contributed by atoms with van der Waals surface area (Å²) in [6, 6.07) is 7.05. The van der Waals surface area contributed by atoms with Crippen molar-refractivity contribution in [2.75, 3.05) is 5.75 Å². The zero-order valence-corrected chi connectivity index (χ0v) is 14.4. The molecule has 4 nitrogen and oxygen atoms in total. The highest BCUT2D eigenvalue weighted by Gasteiger charge is 2.32. The van der Waals surface area contributed by atoms with Crippen molar-refractivity contribution in [3.63, 3.8) is 0 Å². The lowest BCUT2D eigenvalue weighted by molar-refractivity contribution is 0.0984. The fourth-order valence-corrected chi connectivity index (χ4v) is 3.81. The number of ketones is 1. The van der Waals surface area contributed by atoms with Gasteiger partial charge in [0.15, 0.2) is 16.8 Å². The van der Waals surface area contributed by atoms with Gasteiger partial charge in [-0.05, 0) is 43.2 Å². The minimum Gasteiger partial charge on any atom is -0.379 e. The summed E-state index contributed by atoms with van der Waals surface area (Å²) in [5.74, 6) is -0.772. The first kappa shape index (κ1) is 17.5. The molecule has 0 amide bonds. The molecule has 0 saturated carbocycles. The smallest absolute Gasteiger partial charge is 0.188 e. The number of benzene rings is 1. The summed E-state index contributed by atoms with van der Waals surface area (Å²) >= 11 is 1.44. The molecule has 0 fully saturated rings. The Morgan fingerprint density at radius 1 is 1.32 bits per heavy atom. The number of thioether (sulfide) groups is 1. The van der Waals surface area contributed by atoms with Crippen LogP contribution in [0.1, 0.15) is 35.0 Å². The van der Waals surface area contributed by atoms with Gasteiger partial charge in [-0.2, -0.15) is 0 Å². The SMILES string of the molecule is C[C@@]1(c2cc(CC(=O)c3ncccc3F)ccc2F)CCSC(N)=N1. The minimum atomic E-state index is -0.769. The average Bonchev–Trinajstić information content (AvgIpc) is 2.56. The number of aromatic nitrogens is 1. The third-order valence-corrected chi connectivity index (χ3v) is 4.99. The lowest BCUT2D eigenvalue weighted by atomic mass is 9.87. The van der Waals surface area contributed by atoms with Crippen LogP contribution in [0.5, 0.6) is 0 Å². The van der Waals surface area contributed by atoms with E-state index in [0.29, 0.717) is 22.7 Å². The van der Waals surface area contributed by atoms with Crippen molar-refractivity contribution in [1.82, 2.24) is 4.98 Å². The van der Waals surface area contributed by atoms with E-state index >= 15 is 0 Å². The van der Waals surface area contributed by atoms with Gasteiger partial charge in [0.2, 0.25) is 0 Å². The number of pyridine rings is 1. The molecule has 0 radical (unpaired) electrons. The highest BCUT2D eigenvalue weighted by atomic mass is 32.2. The molecule has 7 heteroatoms. The molecule has 130 valence electrons. The van der Waals surface area contributed by atoms with Crippen LogP contribution in [0.3, 0.4) is 0 Å². The molecular weight excluding hydrogens is 344 g/mol. The lowest BCUT2D eigenvalue weighted by Gasteiger charge is -2.30. The van der Waals surface area contributed by atoms with E-state index in [1.165, 1.54) is 42.2 Å². The van der Waals surface area contributed by atoms with Gasteiger partial charge >= 0.3 is 0 Å². The van der Waals surface area contributed by atoms with Gasteiger partial charge in [-0.15, -0.1) is 0 Å². The number of aliphatic imine (C=N–C) groups is 1. The summed E-state index contributed by atoms with van der Waals surface area (Å²) < 4.78 is 28.1. The quantitative estimate of drug-likeness (QED) is 0.847. The zero-order valence-electron chi connectivity index (χ0n) is 13.6. The Labute approximate surface area is 148 Å². The van der Waals surface area contributed by atoms with Gasteiger partial charge < -0.3 is 5.73 Å². The first-order valence-corrected chi connectivity index (χ1v) is 8.78. The standard InChI is InChI=1S/C18H17F2N3OS/c1-18(6-8-25-17(21)23-18)12-9-11(4-5-13(12)19)10-15(24)16-14(20)3-2-7-22-16/h2-5,7,9H,6,8,10H2,1H3,(H2,21,23)/t18-/m0/s1. The Morgan fingerprint density at radius 2 is 2.12 bits per heavy atom. The molecule has 0 unspecified atom stereocenters. The second kappa shape index (κ2) is 6.92. The molecule has 25 heavy (non-hydrogen) atoms. The summed E-state index contributed by atoms with van der Waals surface area (Å²) in [6.07, 6.45) is 1.94. The van der Waals surface area contributed by atoms with Crippen LogP contribution in [-0.2, 0) is 12.0 Å². The van der Waals surface area contributed by atoms with Crippen LogP contribution < -0.4 is 5.73 Å². The van der Waals surface area contributed by atoms with E-state index < -0.39 is 23.0 Å². The first-order valence-electron chi connectivity index (χ1n) is 7.80. The van der Waals surface area contributed by atoms with Gasteiger partial charge in [-0.25, -0.2) is 8.78 Å². The van der Waals surface area contributed by atoms with Gasteiger partial charge in [-0.1, -0.05) is 17.8 Å². The third-order valence-electron chi connectivity index (χ3n) is 4.19. The number of rotatable bonds is 4. The van der Waals surface area contributed by atoms with E-state index in [-0.39, 0.29) is 12.1 Å². The van der Waals surface area contributed by atoms with Gasteiger partial charge in [0.1, 0.15) is 11.5 Å². The maximum absolute atomic E-state index is 14.4. The topological polar surface area (TPSA) is 68.3 Å². The molecule has 2 N–H and O–H groups in total. The van der Waals surface area contributed by atoms with Crippen LogP contribution >= 0.6 is 11.8 Å². The number of hydrogen-bond acceptors (Lipinski definition) is 5. The number of hydrogen-bond donors (Lipinski definition) is 1. The Morgan fingerprint density at radius 3 is 2.84 bits per heavy atom. The second-order valence-electron chi connectivity index (χ2n) is 6.07. The number of Topliss-reactive ketones (excluding diaryl/α,β-unsaturated/α-hetero) is 1. The Kier molecular flexibility index (Phi) is 4.85.